The summed E-state index contributed by atoms with van der Waals surface area (Å²) in [5.41, 5.74) is 0.322. The molecule has 2 aromatic rings. The summed E-state index contributed by atoms with van der Waals surface area (Å²) in [6, 6.07) is 6.81. The molecule has 0 unspecified atom stereocenters. The second-order valence-electron chi connectivity index (χ2n) is 3.86. The third kappa shape index (κ3) is 3.12. The highest BCUT2D eigenvalue weighted by Crippen LogP contribution is 2.26. The lowest BCUT2D eigenvalue weighted by Gasteiger charge is -2.15. The molecule has 2 N–H and O–H groups in total. The number of aliphatic carboxylic acids is 1. The van der Waals surface area contributed by atoms with Crippen molar-refractivity contribution in [2.45, 2.75) is 6.04 Å². The lowest BCUT2D eigenvalue weighted by atomic mass is 10.1. The zero-order valence-electron chi connectivity index (χ0n) is 9.97. The van der Waals surface area contributed by atoms with Crippen molar-refractivity contribution in [1.82, 2.24) is 5.32 Å². The number of carbonyl (C=O) groups is 2. The molecule has 1 atom stereocenters. The van der Waals surface area contributed by atoms with Crippen LogP contribution in [0.1, 0.15) is 21.3 Å². The zero-order chi connectivity index (χ0) is 14.7. The number of thiophene rings is 1. The van der Waals surface area contributed by atoms with Crippen LogP contribution in [0.2, 0.25) is 10.0 Å². The summed E-state index contributed by atoms with van der Waals surface area (Å²) in [4.78, 5) is 23.6. The van der Waals surface area contributed by atoms with Crippen molar-refractivity contribution >= 4 is 46.4 Å². The quantitative estimate of drug-likeness (QED) is 0.900. The number of benzene rings is 1. The molecule has 0 aliphatic rings. The molecule has 0 fully saturated rings. The van der Waals surface area contributed by atoms with Gasteiger partial charge in [0.2, 0.25) is 0 Å². The maximum atomic E-state index is 12.0. The third-order valence-corrected chi connectivity index (χ3v) is 4.25. The van der Waals surface area contributed by atoms with Gasteiger partial charge in [0.15, 0.2) is 6.04 Å². The van der Waals surface area contributed by atoms with Crippen molar-refractivity contribution in [2.75, 3.05) is 0 Å². The summed E-state index contributed by atoms with van der Waals surface area (Å²) in [5.74, 6) is -1.74. The molecule has 1 aromatic heterocycles. The second-order valence-corrected chi connectivity index (χ2v) is 5.59. The maximum absolute atomic E-state index is 12.0. The van der Waals surface area contributed by atoms with Crippen molar-refractivity contribution in [1.29, 1.82) is 0 Å². The Morgan fingerprint density at radius 1 is 1.15 bits per heavy atom. The number of carboxylic acids is 1. The van der Waals surface area contributed by atoms with Gasteiger partial charge in [-0.15, -0.1) is 11.3 Å². The minimum absolute atomic E-state index is 0.268. The average molecular weight is 330 g/mol. The number of carbonyl (C=O) groups excluding carboxylic acids is 1. The first-order valence-electron chi connectivity index (χ1n) is 5.52. The standard InChI is InChI=1S/C13H9Cl2NO3S/c14-8-4-2-1-3-7(8)10(13(18)19)16-12(17)11-9(15)5-6-20-11/h1-6,10H,(H,16,17)(H,18,19)/t10-/m1/s1. The molecule has 1 heterocycles. The molecule has 4 nitrogen and oxygen atoms in total. The van der Waals surface area contributed by atoms with E-state index in [1.165, 1.54) is 0 Å². The summed E-state index contributed by atoms with van der Waals surface area (Å²) in [5, 5.41) is 13.9. The Balaban J connectivity index is 2.28. The Bertz CT molecular complexity index is 657. The summed E-state index contributed by atoms with van der Waals surface area (Å²) in [7, 11) is 0. The number of nitrogens with one attached hydrogen (secondary N) is 1. The van der Waals surface area contributed by atoms with Gasteiger partial charge in [0.05, 0.1) is 5.02 Å². The largest absolute Gasteiger partial charge is 0.479 e. The average Bonchev–Trinajstić information content (AvgIpc) is 2.83. The Morgan fingerprint density at radius 2 is 1.85 bits per heavy atom. The number of halogens is 2. The van der Waals surface area contributed by atoms with Crippen LogP contribution < -0.4 is 5.32 Å². The van der Waals surface area contributed by atoms with Crippen LogP contribution in [0.25, 0.3) is 0 Å². The van der Waals surface area contributed by atoms with Gasteiger partial charge in [-0.25, -0.2) is 4.79 Å². The van der Waals surface area contributed by atoms with Gasteiger partial charge >= 0.3 is 5.97 Å². The third-order valence-electron chi connectivity index (χ3n) is 2.56. The first kappa shape index (κ1) is 14.8. The van der Waals surface area contributed by atoms with E-state index in [0.717, 1.165) is 11.3 Å². The van der Waals surface area contributed by atoms with Gasteiger partial charge in [0.25, 0.3) is 5.91 Å². The van der Waals surface area contributed by atoms with Crippen LogP contribution >= 0.6 is 34.5 Å². The van der Waals surface area contributed by atoms with E-state index in [2.05, 4.69) is 5.32 Å². The molecular formula is C13H9Cl2NO3S. The van der Waals surface area contributed by atoms with Crippen molar-refractivity contribution in [3.8, 4) is 0 Å². The van der Waals surface area contributed by atoms with Crippen LogP contribution in [0.4, 0.5) is 0 Å². The molecule has 2 rings (SSSR count). The monoisotopic (exact) mass is 329 g/mol. The van der Waals surface area contributed by atoms with Crippen LogP contribution in [0, 0.1) is 0 Å². The molecule has 1 aromatic carbocycles. The molecule has 0 aliphatic heterocycles. The van der Waals surface area contributed by atoms with Crippen LogP contribution in [0.5, 0.6) is 0 Å². The Kier molecular flexibility index (Phi) is 4.65. The minimum Gasteiger partial charge on any atom is -0.479 e. The van der Waals surface area contributed by atoms with E-state index >= 15 is 0 Å². The number of hydrogen-bond acceptors (Lipinski definition) is 3. The first-order valence-corrected chi connectivity index (χ1v) is 7.15. The molecule has 0 radical (unpaired) electrons. The number of hydrogen-bond donors (Lipinski definition) is 2. The Labute approximate surface area is 128 Å². The van der Waals surface area contributed by atoms with Gasteiger partial charge in [-0.3, -0.25) is 4.79 Å². The topological polar surface area (TPSA) is 66.4 Å². The normalized spacial score (nSPS) is 11.9. The molecule has 104 valence electrons. The highest BCUT2D eigenvalue weighted by Gasteiger charge is 2.25. The molecule has 0 bridgehead atoms. The Morgan fingerprint density at radius 3 is 2.40 bits per heavy atom. The smallest absolute Gasteiger partial charge is 0.330 e. The number of rotatable bonds is 4. The van der Waals surface area contributed by atoms with Crippen LogP contribution in [0.3, 0.4) is 0 Å². The van der Waals surface area contributed by atoms with E-state index in [1.54, 1.807) is 35.7 Å². The summed E-state index contributed by atoms with van der Waals surface area (Å²) < 4.78 is 0. The zero-order valence-corrected chi connectivity index (χ0v) is 12.3. The van der Waals surface area contributed by atoms with Gasteiger partial charge in [0.1, 0.15) is 4.88 Å². The first-order chi connectivity index (χ1) is 9.50. The minimum atomic E-state index is -1.23. The van der Waals surface area contributed by atoms with Crippen LogP contribution in [-0.4, -0.2) is 17.0 Å². The molecule has 7 heteroatoms. The summed E-state index contributed by atoms with van der Waals surface area (Å²) in [6.07, 6.45) is 0. The van der Waals surface area contributed by atoms with Crippen LogP contribution in [-0.2, 0) is 4.79 Å². The molecule has 1 amide bonds. The maximum Gasteiger partial charge on any atom is 0.330 e. The molecule has 0 saturated carbocycles. The van der Waals surface area contributed by atoms with E-state index < -0.39 is 17.9 Å². The predicted octanol–water partition coefficient (Wildman–Crippen LogP) is 3.61. The highest BCUT2D eigenvalue weighted by molar-refractivity contribution is 7.12. The van der Waals surface area contributed by atoms with Crippen LogP contribution in [0.15, 0.2) is 35.7 Å². The van der Waals surface area contributed by atoms with E-state index in [9.17, 15) is 14.7 Å². The fourth-order valence-electron chi connectivity index (χ4n) is 1.63. The van der Waals surface area contributed by atoms with Gasteiger partial charge in [-0.05, 0) is 17.5 Å². The molecular weight excluding hydrogens is 321 g/mol. The number of amides is 1. The van der Waals surface area contributed by atoms with Gasteiger partial charge in [-0.1, -0.05) is 41.4 Å². The molecule has 0 spiro atoms. The lowest BCUT2D eigenvalue weighted by Crippen LogP contribution is -2.33. The fraction of sp³-hybridized carbons (Fsp3) is 0.0769. The second kappa shape index (κ2) is 6.26. The van der Waals surface area contributed by atoms with E-state index in [0.29, 0.717) is 5.56 Å². The van der Waals surface area contributed by atoms with Gasteiger partial charge in [0, 0.05) is 10.6 Å². The molecule has 0 saturated heterocycles. The lowest BCUT2D eigenvalue weighted by molar-refractivity contribution is -0.139. The predicted molar refractivity (Wildman–Crippen MR) is 78.6 cm³/mol. The van der Waals surface area contributed by atoms with Crippen molar-refractivity contribution in [3.05, 3.63) is 56.2 Å². The fourth-order valence-corrected chi connectivity index (χ4v) is 2.92. The molecule has 20 heavy (non-hydrogen) atoms. The van der Waals surface area contributed by atoms with Gasteiger partial charge in [-0.2, -0.15) is 0 Å². The SMILES string of the molecule is O=C(N[C@@H](C(=O)O)c1ccccc1Cl)c1sccc1Cl. The van der Waals surface area contributed by atoms with E-state index in [-0.39, 0.29) is 14.9 Å². The molecule has 0 aliphatic carbocycles. The highest BCUT2D eigenvalue weighted by atomic mass is 35.5. The Hall–Kier alpha value is -1.56. The van der Waals surface area contributed by atoms with E-state index in [1.807, 2.05) is 0 Å². The van der Waals surface area contributed by atoms with Crippen molar-refractivity contribution < 1.29 is 14.7 Å². The van der Waals surface area contributed by atoms with Crippen molar-refractivity contribution in [2.24, 2.45) is 0 Å². The van der Waals surface area contributed by atoms with Crippen molar-refractivity contribution in [3.63, 3.8) is 0 Å². The summed E-state index contributed by atoms with van der Waals surface area (Å²) >= 11 is 13.0. The number of carboxylic acid groups (broad SMARTS) is 1. The summed E-state index contributed by atoms with van der Waals surface area (Å²) in [6.45, 7) is 0. The van der Waals surface area contributed by atoms with E-state index in [4.69, 9.17) is 23.2 Å². The van der Waals surface area contributed by atoms with Gasteiger partial charge < -0.3 is 10.4 Å².